The summed E-state index contributed by atoms with van der Waals surface area (Å²) in [4.78, 5) is 67.9. The second-order valence-corrected chi connectivity index (χ2v) is 14.8. The number of hydrogen-bond acceptors (Lipinski definition) is 14. The van der Waals surface area contributed by atoms with Gasteiger partial charge in [0.2, 0.25) is 5.78 Å². The van der Waals surface area contributed by atoms with E-state index in [2.05, 4.69) is 0 Å². The fourth-order valence-corrected chi connectivity index (χ4v) is 8.93. The van der Waals surface area contributed by atoms with E-state index in [0.717, 1.165) is 7.11 Å². The van der Waals surface area contributed by atoms with E-state index in [-0.39, 0.29) is 46.4 Å². The van der Waals surface area contributed by atoms with E-state index in [1.54, 1.807) is 39.8 Å². The number of benzene rings is 2. The standard InChI is InChI=1S/C41H45NO14/c1-7-17(2)39(52)56-35-18(3)55-28(16-27(35)45)20-12-13-22-29(32(20)46)34(48)30-24(40(22,4)53-5)15-23-21(14-26(44)19-10-8-9-11-25(19)43)33(47)31(38(42)51)37(50)41(23,54-6)36(30)49/h7-13,18,21,23-24,27-28,35,43,45-46,48,50H,14-16H2,1-6H3,(H2,42,51)/t18-,21-,23?,24?,27-,28?,35-,40+,41?/m1/s1. The Morgan fingerprint density at radius 1 is 1.02 bits per heavy atom. The number of carbonyl (C=O) groups is 5. The minimum absolute atomic E-state index is 0.119. The number of ether oxygens (including phenoxy) is 4. The number of phenolic OH excluding ortho intramolecular Hbond substituents is 2. The van der Waals surface area contributed by atoms with Crippen molar-refractivity contribution < 1.29 is 68.5 Å². The van der Waals surface area contributed by atoms with Crippen molar-refractivity contribution in [1.82, 2.24) is 0 Å². The van der Waals surface area contributed by atoms with E-state index in [4.69, 9.17) is 24.7 Å². The number of allylic oxidation sites excluding steroid dienone is 1. The number of rotatable bonds is 9. The molecule has 9 atom stereocenters. The molecule has 2 aromatic rings. The highest BCUT2D eigenvalue weighted by atomic mass is 16.6. The van der Waals surface area contributed by atoms with Crippen LogP contribution < -0.4 is 5.73 Å². The van der Waals surface area contributed by atoms with Crippen molar-refractivity contribution in [2.45, 2.75) is 82.6 Å². The first-order valence-electron chi connectivity index (χ1n) is 18.1. The van der Waals surface area contributed by atoms with Gasteiger partial charge >= 0.3 is 5.97 Å². The Hall–Kier alpha value is -5.35. The molecule has 0 aromatic heterocycles. The smallest absolute Gasteiger partial charge is 0.333 e. The van der Waals surface area contributed by atoms with Crippen molar-refractivity contribution >= 4 is 35.0 Å². The van der Waals surface area contributed by atoms with Gasteiger partial charge in [-0.3, -0.25) is 19.2 Å². The maximum absolute atomic E-state index is 15.0. The fraction of sp³-hybridized carbons (Fsp3) is 0.439. The van der Waals surface area contributed by atoms with Crippen LogP contribution in [0.25, 0.3) is 5.76 Å². The summed E-state index contributed by atoms with van der Waals surface area (Å²) in [6.45, 7) is 6.45. The van der Waals surface area contributed by atoms with Crippen LogP contribution in [-0.4, -0.2) is 92.9 Å². The normalized spacial score (nSPS) is 31.7. The van der Waals surface area contributed by atoms with Gasteiger partial charge in [0, 0.05) is 61.5 Å². The minimum Gasteiger partial charge on any atom is -0.508 e. The number of Topliss-reactive ketones (excluding diaryl/α,β-unsaturated/α-hetero) is 3. The summed E-state index contributed by atoms with van der Waals surface area (Å²) in [6, 6.07) is 8.74. The monoisotopic (exact) mass is 775 g/mol. The van der Waals surface area contributed by atoms with E-state index >= 15 is 4.79 Å². The molecule has 0 radical (unpaired) electrons. The number of carbonyl (C=O) groups excluding carboxylic acids is 5. The van der Waals surface area contributed by atoms with Crippen LogP contribution in [0.3, 0.4) is 0 Å². The molecular weight excluding hydrogens is 730 g/mol. The Morgan fingerprint density at radius 2 is 1.70 bits per heavy atom. The number of nitrogens with two attached hydrogens (primary N) is 1. The number of aliphatic hydroxyl groups is 3. The number of aromatic hydroxyl groups is 2. The van der Waals surface area contributed by atoms with Gasteiger partial charge in [-0.15, -0.1) is 0 Å². The topological polar surface area (TPSA) is 249 Å². The average molecular weight is 776 g/mol. The second kappa shape index (κ2) is 14.6. The van der Waals surface area contributed by atoms with Gasteiger partial charge in [0.25, 0.3) is 5.91 Å². The van der Waals surface area contributed by atoms with Crippen molar-refractivity contribution in [1.29, 1.82) is 0 Å². The highest BCUT2D eigenvalue weighted by molar-refractivity contribution is 6.24. The number of aliphatic hydroxyl groups excluding tert-OH is 3. The van der Waals surface area contributed by atoms with Crippen LogP contribution in [0.2, 0.25) is 0 Å². The molecular formula is C41H45NO14. The number of primary amides is 1. The van der Waals surface area contributed by atoms with E-state index in [1.807, 2.05) is 0 Å². The Kier molecular flexibility index (Phi) is 10.5. The van der Waals surface area contributed by atoms with E-state index in [0.29, 0.717) is 5.57 Å². The first-order valence-corrected chi connectivity index (χ1v) is 18.1. The fourth-order valence-electron chi connectivity index (χ4n) is 8.93. The highest BCUT2D eigenvalue weighted by Gasteiger charge is 2.67. The Labute approximate surface area is 322 Å². The summed E-state index contributed by atoms with van der Waals surface area (Å²) in [5.74, 6) is -11.3. The maximum Gasteiger partial charge on any atom is 0.333 e. The van der Waals surface area contributed by atoms with Crippen LogP contribution in [-0.2, 0) is 43.7 Å². The van der Waals surface area contributed by atoms with Crippen LogP contribution in [0, 0.1) is 17.8 Å². The number of para-hydroxylation sites is 1. The molecule has 1 saturated carbocycles. The minimum atomic E-state index is -2.51. The third-order valence-electron chi connectivity index (χ3n) is 12.1. The SMILES string of the molecule is CC=C(C)C(=O)O[C@H]1[C@H](O)CC(c2ccc3c(c2O)C(O)=C2C(=O)C4(OC)C(O)=C(C(N)=O)C(=O)[C@H](CC(=O)c5ccccc5O)C4CC2[C@@]3(C)OC)O[C@@H]1C. The summed E-state index contributed by atoms with van der Waals surface area (Å²) in [5, 5.41) is 57.1. The molecule has 7 N–H and O–H groups in total. The molecule has 1 heterocycles. The number of ketones is 3. The lowest BCUT2D eigenvalue weighted by Crippen LogP contribution is -2.64. The van der Waals surface area contributed by atoms with E-state index in [9.17, 15) is 44.7 Å². The lowest BCUT2D eigenvalue weighted by molar-refractivity contribution is -0.191. The largest absolute Gasteiger partial charge is 0.508 e. The van der Waals surface area contributed by atoms with Crippen LogP contribution in [0.15, 0.2) is 65.0 Å². The van der Waals surface area contributed by atoms with Crippen molar-refractivity contribution in [2.24, 2.45) is 23.5 Å². The van der Waals surface area contributed by atoms with Gasteiger partial charge in [-0.05, 0) is 51.8 Å². The van der Waals surface area contributed by atoms with Gasteiger partial charge in [0.1, 0.15) is 28.6 Å². The number of hydrogen-bond donors (Lipinski definition) is 6. The third-order valence-corrected chi connectivity index (χ3v) is 12.1. The molecule has 0 bridgehead atoms. The average Bonchev–Trinajstić information content (AvgIpc) is 3.16. The predicted molar refractivity (Wildman–Crippen MR) is 196 cm³/mol. The van der Waals surface area contributed by atoms with Crippen molar-refractivity contribution in [3.05, 3.63) is 87.2 Å². The highest BCUT2D eigenvalue weighted by Crippen LogP contribution is 2.60. The summed E-state index contributed by atoms with van der Waals surface area (Å²) < 4.78 is 23.5. The van der Waals surface area contributed by atoms with Crippen LogP contribution in [0.4, 0.5) is 0 Å². The molecule has 1 amide bonds. The summed E-state index contributed by atoms with van der Waals surface area (Å²) in [5.41, 5.74) is 0.634. The number of esters is 1. The molecule has 1 saturated heterocycles. The third kappa shape index (κ3) is 5.92. The van der Waals surface area contributed by atoms with Gasteiger partial charge in [-0.25, -0.2) is 4.79 Å². The van der Waals surface area contributed by atoms with Crippen molar-refractivity contribution in [3.63, 3.8) is 0 Å². The van der Waals surface area contributed by atoms with E-state index in [1.165, 1.54) is 37.4 Å². The zero-order valence-corrected chi connectivity index (χ0v) is 31.7. The Bertz CT molecular complexity index is 2120. The lowest BCUT2D eigenvalue weighted by Gasteiger charge is -2.54. The van der Waals surface area contributed by atoms with Crippen LogP contribution in [0.1, 0.15) is 80.1 Å². The Morgan fingerprint density at radius 3 is 2.29 bits per heavy atom. The number of fused-ring (bicyclic) bond motifs is 3. The molecule has 56 heavy (non-hydrogen) atoms. The number of methoxy groups -OCH3 is 2. The number of phenols is 2. The Balaban J connectivity index is 1.47. The maximum atomic E-state index is 15.0. The number of amides is 1. The molecule has 2 aromatic carbocycles. The molecule has 4 aliphatic rings. The molecule has 4 unspecified atom stereocenters. The summed E-state index contributed by atoms with van der Waals surface area (Å²) in [7, 11) is 2.42. The molecule has 15 heteroatoms. The zero-order valence-electron chi connectivity index (χ0n) is 31.7. The van der Waals surface area contributed by atoms with Gasteiger partial charge in [0.15, 0.2) is 23.3 Å². The van der Waals surface area contributed by atoms with Crippen molar-refractivity contribution in [2.75, 3.05) is 14.2 Å². The van der Waals surface area contributed by atoms with Gasteiger partial charge in [-0.2, -0.15) is 0 Å². The molecule has 15 nitrogen and oxygen atoms in total. The zero-order chi connectivity index (χ0) is 41.2. The molecule has 6 rings (SSSR count). The van der Waals surface area contributed by atoms with Gasteiger partial charge < -0.3 is 50.2 Å². The summed E-state index contributed by atoms with van der Waals surface area (Å²) in [6.07, 6.45) is -3.43. The van der Waals surface area contributed by atoms with Crippen LogP contribution in [0.5, 0.6) is 11.5 Å². The molecule has 0 spiro atoms. The quantitative estimate of drug-likeness (QED) is 0.0921. The van der Waals surface area contributed by atoms with E-state index < -0.39 is 112 Å². The van der Waals surface area contributed by atoms with Gasteiger partial charge in [-0.1, -0.05) is 30.3 Å². The first-order chi connectivity index (χ1) is 26.4. The molecule has 298 valence electrons. The molecule has 3 aliphatic carbocycles. The summed E-state index contributed by atoms with van der Waals surface area (Å²) >= 11 is 0. The lowest BCUT2D eigenvalue weighted by atomic mass is 9.52. The van der Waals surface area contributed by atoms with Gasteiger partial charge in [0.05, 0.1) is 35.0 Å². The molecule has 1 aliphatic heterocycles. The van der Waals surface area contributed by atoms with Crippen molar-refractivity contribution in [3.8, 4) is 11.5 Å². The van der Waals surface area contributed by atoms with Crippen LogP contribution >= 0.6 is 0 Å². The second-order valence-electron chi connectivity index (χ2n) is 14.8. The predicted octanol–water partition coefficient (Wildman–Crippen LogP) is 3.69. The molecule has 2 fully saturated rings. The first kappa shape index (κ1) is 40.3.